The van der Waals surface area contributed by atoms with Gasteiger partial charge in [-0.05, 0) is 13.8 Å². The molecule has 0 radical (unpaired) electrons. The van der Waals surface area contributed by atoms with E-state index >= 15 is 0 Å². The maximum absolute atomic E-state index is 11.3. The molecule has 0 fully saturated rings. The van der Waals surface area contributed by atoms with Crippen LogP contribution in [-0.4, -0.2) is 35.0 Å². The van der Waals surface area contributed by atoms with Crippen LogP contribution in [0.5, 0.6) is 0 Å². The minimum absolute atomic E-state index is 0.0220. The summed E-state index contributed by atoms with van der Waals surface area (Å²) in [4.78, 5) is 30.1. The Bertz CT molecular complexity index is 462. The van der Waals surface area contributed by atoms with Crippen molar-refractivity contribution in [1.82, 2.24) is 9.97 Å². The van der Waals surface area contributed by atoms with Gasteiger partial charge in [0, 0.05) is 24.2 Å². The van der Waals surface area contributed by atoms with Crippen LogP contribution in [0.3, 0.4) is 0 Å². The molecule has 18 heavy (non-hydrogen) atoms. The molecule has 0 aliphatic heterocycles. The second-order valence-electron chi connectivity index (χ2n) is 3.93. The van der Waals surface area contributed by atoms with Crippen LogP contribution < -0.4 is 11.1 Å². The van der Waals surface area contributed by atoms with Gasteiger partial charge in [-0.3, -0.25) is 4.79 Å². The third kappa shape index (κ3) is 4.00. The lowest BCUT2D eigenvalue weighted by Gasteiger charge is -2.13. The number of esters is 1. The predicted molar refractivity (Wildman–Crippen MR) is 65.0 cm³/mol. The Labute approximate surface area is 105 Å². The third-order valence-corrected chi connectivity index (χ3v) is 2.12. The standard InChI is InChI=1S/C11H16N4O3/c1-6(4-8(12)16)13-9-5-7(2)14-10(15-9)11(17)18-3/h5-6H,4H2,1-3H3,(H2,12,16)(H,13,14,15). The van der Waals surface area contributed by atoms with E-state index in [1.807, 2.05) is 0 Å². The Morgan fingerprint density at radius 2 is 2.17 bits per heavy atom. The number of nitrogens with zero attached hydrogens (tertiary/aromatic N) is 2. The molecule has 3 N–H and O–H groups in total. The molecule has 1 heterocycles. The molecule has 7 nitrogen and oxygen atoms in total. The monoisotopic (exact) mass is 252 g/mol. The Hall–Kier alpha value is -2.18. The molecule has 1 atom stereocenters. The van der Waals surface area contributed by atoms with E-state index in [0.717, 1.165) is 0 Å². The highest BCUT2D eigenvalue weighted by Crippen LogP contribution is 2.09. The molecular weight excluding hydrogens is 236 g/mol. The summed E-state index contributed by atoms with van der Waals surface area (Å²) in [5.74, 6) is -0.582. The number of nitrogens with one attached hydrogen (secondary N) is 1. The van der Waals surface area contributed by atoms with Crippen molar-refractivity contribution in [1.29, 1.82) is 0 Å². The number of nitrogens with two attached hydrogens (primary N) is 1. The van der Waals surface area contributed by atoms with Crippen molar-refractivity contribution in [2.75, 3.05) is 12.4 Å². The van der Waals surface area contributed by atoms with E-state index in [1.165, 1.54) is 7.11 Å². The quantitative estimate of drug-likeness (QED) is 0.727. The lowest BCUT2D eigenvalue weighted by Crippen LogP contribution is -2.25. The van der Waals surface area contributed by atoms with Crippen molar-refractivity contribution in [3.05, 3.63) is 17.6 Å². The smallest absolute Gasteiger partial charge is 0.376 e. The Morgan fingerprint density at radius 1 is 1.50 bits per heavy atom. The van der Waals surface area contributed by atoms with E-state index in [4.69, 9.17) is 5.73 Å². The zero-order valence-corrected chi connectivity index (χ0v) is 10.6. The van der Waals surface area contributed by atoms with Crippen molar-refractivity contribution in [3.8, 4) is 0 Å². The average molecular weight is 252 g/mol. The Morgan fingerprint density at radius 3 is 2.72 bits per heavy atom. The number of hydrogen-bond acceptors (Lipinski definition) is 6. The number of ether oxygens (including phenoxy) is 1. The summed E-state index contributed by atoms with van der Waals surface area (Å²) in [5, 5.41) is 2.97. The number of amides is 1. The first-order chi connectivity index (χ1) is 8.42. The van der Waals surface area contributed by atoms with Gasteiger partial charge in [-0.1, -0.05) is 0 Å². The molecule has 0 aliphatic rings. The number of anilines is 1. The lowest BCUT2D eigenvalue weighted by atomic mass is 10.2. The molecular formula is C11H16N4O3. The van der Waals surface area contributed by atoms with Gasteiger partial charge in [0.05, 0.1) is 7.11 Å². The van der Waals surface area contributed by atoms with E-state index in [0.29, 0.717) is 11.5 Å². The number of aromatic nitrogens is 2. The minimum atomic E-state index is -0.607. The number of hydrogen-bond donors (Lipinski definition) is 2. The topological polar surface area (TPSA) is 107 Å². The van der Waals surface area contributed by atoms with Crippen LogP contribution in [-0.2, 0) is 9.53 Å². The van der Waals surface area contributed by atoms with Gasteiger partial charge in [0.2, 0.25) is 11.7 Å². The van der Waals surface area contributed by atoms with Crippen LogP contribution in [0, 0.1) is 6.92 Å². The molecule has 0 saturated heterocycles. The third-order valence-electron chi connectivity index (χ3n) is 2.12. The van der Waals surface area contributed by atoms with Crippen molar-refractivity contribution >= 4 is 17.7 Å². The summed E-state index contributed by atoms with van der Waals surface area (Å²) < 4.78 is 4.55. The molecule has 0 spiro atoms. The highest BCUT2D eigenvalue weighted by Gasteiger charge is 2.13. The summed E-state index contributed by atoms with van der Waals surface area (Å²) in [6.45, 7) is 3.53. The summed E-state index contributed by atoms with van der Waals surface area (Å²) in [6, 6.07) is 1.49. The van der Waals surface area contributed by atoms with E-state index in [-0.39, 0.29) is 18.3 Å². The fourth-order valence-corrected chi connectivity index (χ4v) is 1.43. The Kier molecular flexibility index (Phi) is 4.59. The van der Waals surface area contributed by atoms with Gasteiger partial charge >= 0.3 is 5.97 Å². The fraction of sp³-hybridized carbons (Fsp3) is 0.455. The maximum atomic E-state index is 11.3. The van der Waals surface area contributed by atoms with Gasteiger partial charge in [-0.25, -0.2) is 14.8 Å². The Balaban J connectivity index is 2.86. The van der Waals surface area contributed by atoms with Crippen molar-refractivity contribution in [2.45, 2.75) is 26.3 Å². The van der Waals surface area contributed by atoms with Crippen molar-refractivity contribution < 1.29 is 14.3 Å². The molecule has 0 aromatic carbocycles. The first-order valence-electron chi connectivity index (χ1n) is 5.41. The normalized spacial score (nSPS) is 11.7. The minimum Gasteiger partial charge on any atom is -0.463 e. The molecule has 0 bridgehead atoms. The lowest BCUT2D eigenvalue weighted by molar-refractivity contribution is -0.118. The fourth-order valence-electron chi connectivity index (χ4n) is 1.43. The van der Waals surface area contributed by atoms with Crippen molar-refractivity contribution in [3.63, 3.8) is 0 Å². The highest BCUT2D eigenvalue weighted by atomic mass is 16.5. The van der Waals surface area contributed by atoms with Gasteiger partial charge in [-0.15, -0.1) is 0 Å². The summed E-state index contributed by atoms with van der Waals surface area (Å²) in [6.07, 6.45) is 0.177. The van der Waals surface area contributed by atoms with Crippen LogP contribution in [0.4, 0.5) is 5.82 Å². The molecule has 1 amide bonds. The van der Waals surface area contributed by atoms with Gasteiger partial charge < -0.3 is 15.8 Å². The van der Waals surface area contributed by atoms with Gasteiger partial charge in [0.15, 0.2) is 0 Å². The first kappa shape index (κ1) is 13.9. The van der Waals surface area contributed by atoms with Gasteiger partial charge in [0.1, 0.15) is 5.82 Å². The van der Waals surface area contributed by atoms with E-state index in [2.05, 4.69) is 20.0 Å². The van der Waals surface area contributed by atoms with Gasteiger partial charge in [0.25, 0.3) is 0 Å². The number of carbonyl (C=O) groups excluding carboxylic acids is 2. The molecule has 7 heteroatoms. The second-order valence-corrected chi connectivity index (χ2v) is 3.93. The highest BCUT2D eigenvalue weighted by molar-refractivity contribution is 5.85. The first-order valence-corrected chi connectivity index (χ1v) is 5.41. The molecule has 98 valence electrons. The number of carbonyl (C=O) groups is 2. The molecule has 0 saturated carbocycles. The van der Waals surface area contributed by atoms with E-state index < -0.39 is 11.9 Å². The molecule has 0 aliphatic carbocycles. The molecule has 1 rings (SSSR count). The zero-order chi connectivity index (χ0) is 13.7. The summed E-state index contributed by atoms with van der Waals surface area (Å²) >= 11 is 0. The average Bonchev–Trinajstić information content (AvgIpc) is 2.25. The largest absolute Gasteiger partial charge is 0.463 e. The van der Waals surface area contributed by atoms with E-state index in [9.17, 15) is 9.59 Å². The van der Waals surface area contributed by atoms with Crippen LogP contribution in [0.15, 0.2) is 6.07 Å². The predicted octanol–water partition coefficient (Wildman–Crippen LogP) is 0.247. The van der Waals surface area contributed by atoms with Crippen LogP contribution in [0.1, 0.15) is 29.7 Å². The summed E-state index contributed by atoms with van der Waals surface area (Å²) in [7, 11) is 1.26. The number of rotatable bonds is 5. The number of methoxy groups -OCH3 is 1. The number of primary amides is 1. The van der Waals surface area contributed by atoms with Gasteiger partial charge in [-0.2, -0.15) is 0 Å². The summed E-state index contributed by atoms with van der Waals surface area (Å²) in [5.41, 5.74) is 5.72. The molecule has 1 unspecified atom stereocenters. The number of aryl methyl sites for hydroxylation is 1. The van der Waals surface area contributed by atoms with Crippen LogP contribution in [0.2, 0.25) is 0 Å². The maximum Gasteiger partial charge on any atom is 0.376 e. The molecule has 1 aromatic heterocycles. The van der Waals surface area contributed by atoms with E-state index in [1.54, 1.807) is 19.9 Å². The molecule has 1 aromatic rings. The zero-order valence-electron chi connectivity index (χ0n) is 10.6. The second kappa shape index (κ2) is 5.95. The SMILES string of the molecule is COC(=O)c1nc(C)cc(NC(C)CC(N)=O)n1. The van der Waals surface area contributed by atoms with Crippen LogP contribution >= 0.6 is 0 Å². The van der Waals surface area contributed by atoms with Crippen molar-refractivity contribution in [2.24, 2.45) is 5.73 Å². The van der Waals surface area contributed by atoms with Crippen LogP contribution in [0.25, 0.3) is 0 Å².